The van der Waals surface area contributed by atoms with Crippen molar-refractivity contribution in [2.45, 2.75) is 33.2 Å². The van der Waals surface area contributed by atoms with Crippen LogP contribution in [-0.2, 0) is 4.79 Å². The minimum Gasteiger partial charge on any atom is -0.342 e. The molecule has 0 aliphatic carbocycles. The Morgan fingerprint density at radius 2 is 1.72 bits per heavy atom. The van der Waals surface area contributed by atoms with E-state index in [9.17, 15) is 9.59 Å². The molecule has 0 bridgehead atoms. The normalized spacial score (nSPS) is 12.3. The fourth-order valence-corrected chi connectivity index (χ4v) is 2.99. The predicted octanol–water partition coefficient (Wildman–Crippen LogP) is 3.02. The number of nitrogens with zero attached hydrogens (tertiary/aromatic N) is 3. The Kier molecular flexibility index (Phi) is 8.16. The van der Waals surface area contributed by atoms with E-state index < -0.39 is 6.04 Å². The summed E-state index contributed by atoms with van der Waals surface area (Å²) in [6.45, 7) is 6.59. The Morgan fingerprint density at radius 1 is 1.10 bits per heavy atom. The molecule has 1 heterocycles. The van der Waals surface area contributed by atoms with Crippen LogP contribution in [0.15, 0.2) is 48.8 Å². The number of hydrogen-bond donors (Lipinski definition) is 2. The molecular formula is C22H27N5O2. The van der Waals surface area contributed by atoms with Crippen LogP contribution in [0.5, 0.6) is 0 Å². The topological polar surface area (TPSA) is 98.1 Å². The Morgan fingerprint density at radius 3 is 2.28 bits per heavy atom. The summed E-state index contributed by atoms with van der Waals surface area (Å²) >= 11 is 0. The Hall–Kier alpha value is -3.40. The third kappa shape index (κ3) is 5.79. The highest BCUT2D eigenvalue weighted by atomic mass is 16.2. The number of carbonyl (C=O) groups is 2. The summed E-state index contributed by atoms with van der Waals surface area (Å²) in [7, 11) is 0. The molecule has 7 heteroatoms. The van der Waals surface area contributed by atoms with Crippen LogP contribution in [0.2, 0.25) is 0 Å². The van der Waals surface area contributed by atoms with Gasteiger partial charge in [-0.1, -0.05) is 20.3 Å². The van der Waals surface area contributed by atoms with Gasteiger partial charge in [0.2, 0.25) is 5.91 Å². The van der Waals surface area contributed by atoms with Crippen molar-refractivity contribution >= 4 is 23.2 Å². The van der Waals surface area contributed by atoms with Gasteiger partial charge in [0.15, 0.2) is 0 Å². The van der Waals surface area contributed by atoms with Crippen molar-refractivity contribution in [1.29, 1.82) is 5.26 Å². The first-order valence-corrected chi connectivity index (χ1v) is 9.74. The molecule has 0 saturated heterocycles. The molecule has 0 saturated carbocycles. The number of rotatable bonds is 9. The predicted molar refractivity (Wildman–Crippen MR) is 113 cm³/mol. The number of amides is 2. The van der Waals surface area contributed by atoms with Crippen molar-refractivity contribution in [3.63, 3.8) is 0 Å². The fourth-order valence-electron chi connectivity index (χ4n) is 2.99. The van der Waals surface area contributed by atoms with Crippen molar-refractivity contribution in [3.8, 4) is 6.07 Å². The largest absolute Gasteiger partial charge is 0.342 e. The molecule has 0 aliphatic rings. The summed E-state index contributed by atoms with van der Waals surface area (Å²) in [6, 6.07) is 12.3. The van der Waals surface area contributed by atoms with Crippen molar-refractivity contribution in [1.82, 2.24) is 15.6 Å². The molecule has 2 amide bonds. The third-order valence-electron chi connectivity index (χ3n) is 4.86. The second-order valence-electron chi connectivity index (χ2n) is 6.71. The number of pyridine rings is 1. The number of hydrogen-bond acceptors (Lipinski definition) is 5. The summed E-state index contributed by atoms with van der Waals surface area (Å²) < 4.78 is 0. The Labute approximate surface area is 171 Å². The van der Waals surface area contributed by atoms with Gasteiger partial charge < -0.3 is 15.5 Å². The number of nitriles is 1. The van der Waals surface area contributed by atoms with E-state index in [1.54, 1.807) is 24.5 Å². The van der Waals surface area contributed by atoms with Crippen molar-refractivity contribution in [3.05, 3.63) is 54.4 Å². The number of benzene rings is 1. The van der Waals surface area contributed by atoms with E-state index in [2.05, 4.69) is 27.4 Å². The zero-order chi connectivity index (χ0) is 21.2. The van der Waals surface area contributed by atoms with Gasteiger partial charge in [-0.05, 0) is 49.2 Å². The smallest absolute Gasteiger partial charge is 0.251 e. The second-order valence-corrected chi connectivity index (χ2v) is 6.71. The van der Waals surface area contributed by atoms with Crippen molar-refractivity contribution in [2.75, 3.05) is 18.0 Å². The van der Waals surface area contributed by atoms with Crippen LogP contribution in [0, 0.1) is 17.2 Å². The van der Waals surface area contributed by atoms with Gasteiger partial charge in [0.05, 0.1) is 6.07 Å². The number of nitrogens with one attached hydrogen (secondary N) is 2. The van der Waals surface area contributed by atoms with Crippen LogP contribution >= 0.6 is 0 Å². The van der Waals surface area contributed by atoms with Crippen LogP contribution < -0.4 is 15.5 Å². The average Bonchev–Trinajstić information content (AvgIpc) is 2.76. The molecule has 29 heavy (non-hydrogen) atoms. The van der Waals surface area contributed by atoms with Crippen LogP contribution in [-0.4, -0.2) is 35.9 Å². The van der Waals surface area contributed by atoms with Crippen LogP contribution in [0.1, 0.15) is 37.6 Å². The maximum absolute atomic E-state index is 12.7. The van der Waals surface area contributed by atoms with Gasteiger partial charge in [0.1, 0.15) is 12.6 Å². The summed E-state index contributed by atoms with van der Waals surface area (Å²) in [5, 5.41) is 14.0. The molecule has 2 unspecified atom stereocenters. The molecule has 2 rings (SSSR count). The van der Waals surface area contributed by atoms with Gasteiger partial charge in [0.25, 0.3) is 5.91 Å². The Balaban J connectivity index is 2.14. The number of anilines is 2. The second kappa shape index (κ2) is 10.8. The third-order valence-corrected chi connectivity index (χ3v) is 4.86. The minimum atomic E-state index is -0.690. The number of carbonyl (C=O) groups excluding carboxylic acids is 2. The van der Waals surface area contributed by atoms with Crippen molar-refractivity contribution < 1.29 is 9.59 Å². The first kappa shape index (κ1) is 21.9. The lowest BCUT2D eigenvalue weighted by Crippen LogP contribution is -2.50. The first-order chi connectivity index (χ1) is 14.0. The van der Waals surface area contributed by atoms with E-state index >= 15 is 0 Å². The molecule has 2 atom stereocenters. The summed E-state index contributed by atoms with van der Waals surface area (Å²) in [5.74, 6) is -0.721. The summed E-state index contributed by atoms with van der Waals surface area (Å²) in [4.78, 5) is 31.2. The van der Waals surface area contributed by atoms with E-state index in [-0.39, 0.29) is 24.3 Å². The lowest BCUT2D eigenvalue weighted by molar-refractivity contribution is -0.123. The summed E-state index contributed by atoms with van der Waals surface area (Å²) in [6.07, 6.45) is 4.21. The zero-order valence-corrected chi connectivity index (χ0v) is 17.1. The molecule has 1 aromatic heterocycles. The maximum atomic E-state index is 12.7. The minimum absolute atomic E-state index is 0.0563. The van der Waals surface area contributed by atoms with Gasteiger partial charge in [-0.25, -0.2) is 0 Å². The molecule has 2 N–H and O–H groups in total. The fraction of sp³-hybridized carbons (Fsp3) is 0.364. The molecule has 7 nitrogen and oxygen atoms in total. The zero-order valence-electron chi connectivity index (χ0n) is 17.1. The highest BCUT2D eigenvalue weighted by Gasteiger charge is 2.26. The molecule has 2 aromatic rings. The van der Waals surface area contributed by atoms with E-state index in [1.807, 2.05) is 44.2 Å². The average molecular weight is 393 g/mol. The van der Waals surface area contributed by atoms with Crippen LogP contribution in [0.25, 0.3) is 0 Å². The maximum Gasteiger partial charge on any atom is 0.251 e. The highest BCUT2D eigenvalue weighted by molar-refractivity contribution is 5.98. The van der Waals surface area contributed by atoms with E-state index in [0.717, 1.165) is 24.3 Å². The molecule has 0 fully saturated rings. The SMILES string of the molecule is CCC(C)C(NC(=O)c1ccc(N(CC)c2ccncc2)cc1)C(=O)NCC#N. The monoisotopic (exact) mass is 393 g/mol. The van der Waals surface area contributed by atoms with Gasteiger partial charge in [-0.3, -0.25) is 14.6 Å². The van der Waals surface area contributed by atoms with Gasteiger partial charge in [-0.2, -0.15) is 5.26 Å². The lowest BCUT2D eigenvalue weighted by atomic mass is 9.98. The van der Waals surface area contributed by atoms with Crippen LogP contribution in [0.4, 0.5) is 11.4 Å². The molecular weight excluding hydrogens is 366 g/mol. The molecule has 1 aromatic carbocycles. The van der Waals surface area contributed by atoms with Crippen LogP contribution in [0.3, 0.4) is 0 Å². The molecule has 0 radical (unpaired) electrons. The van der Waals surface area contributed by atoms with Gasteiger partial charge in [0, 0.05) is 35.9 Å². The quantitative estimate of drug-likeness (QED) is 0.638. The van der Waals surface area contributed by atoms with Crippen molar-refractivity contribution in [2.24, 2.45) is 5.92 Å². The Bertz CT molecular complexity index is 846. The molecule has 0 aliphatic heterocycles. The van der Waals surface area contributed by atoms with Gasteiger partial charge >= 0.3 is 0 Å². The van der Waals surface area contributed by atoms with E-state index in [0.29, 0.717) is 5.56 Å². The highest BCUT2D eigenvalue weighted by Crippen LogP contribution is 2.24. The lowest BCUT2D eigenvalue weighted by Gasteiger charge is -2.24. The number of aromatic nitrogens is 1. The van der Waals surface area contributed by atoms with E-state index in [1.165, 1.54) is 0 Å². The summed E-state index contributed by atoms with van der Waals surface area (Å²) in [5.41, 5.74) is 2.45. The molecule has 152 valence electrons. The first-order valence-electron chi connectivity index (χ1n) is 9.74. The standard InChI is InChI=1S/C22H27N5O2/c1-4-16(3)20(22(29)25-15-12-23)26-21(28)17-6-8-18(9-7-17)27(5-2)19-10-13-24-14-11-19/h6-11,13-14,16,20H,4-5,15H2,1-3H3,(H,25,29)(H,26,28). The van der Waals surface area contributed by atoms with E-state index in [4.69, 9.17) is 5.26 Å². The molecule has 0 spiro atoms. The van der Waals surface area contributed by atoms with Gasteiger partial charge in [-0.15, -0.1) is 0 Å².